The quantitative estimate of drug-likeness (QED) is 0.299. The van der Waals surface area contributed by atoms with E-state index in [-0.39, 0.29) is 17.2 Å². The van der Waals surface area contributed by atoms with Crippen molar-refractivity contribution < 1.29 is 32.3 Å². The Bertz CT molecular complexity index is 1330. The molecule has 0 unspecified atom stereocenters. The average Bonchev–Trinajstić information content (AvgIpc) is 3.53. The number of piperazine rings is 1. The molecule has 2 aliphatic heterocycles. The molecule has 1 aromatic heterocycles. The summed E-state index contributed by atoms with van der Waals surface area (Å²) < 4.78 is 40.9. The minimum atomic E-state index is -4.79. The molecule has 1 fully saturated rings. The monoisotopic (exact) mass is 590 g/mol. The van der Waals surface area contributed by atoms with Gasteiger partial charge in [0.1, 0.15) is 0 Å². The lowest BCUT2D eigenvalue weighted by molar-refractivity contribution is -0.137. The Morgan fingerprint density at radius 2 is 1.68 bits per heavy atom. The molecule has 2 aromatic rings. The molecule has 0 saturated carbocycles. The molecule has 0 aliphatic carbocycles. The summed E-state index contributed by atoms with van der Waals surface area (Å²) in [6.45, 7) is 6.61. The minimum Gasteiger partial charge on any atom is -0.335 e. The van der Waals surface area contributed by atoms with Crippen LogP contribution in [0.3, 0.4) is 0 Å². The Kier molecular flexibility index (Phi) is 9.64. The van der Waals surface area contributed by atoms with Crippen molar-refractivity contribution >= 4 is 46.3 Å². The summed E-state index contributed by atoms with van der Waals surface area (Å²) in [6, 6.07) is 6.72. The second-order valence-corrected chi connectivity index (χ2v) is 11.2. The maximum atomic E-state index is 13.6. The summed E-state index contributed by atoms with van der Waals surface area (Å²) in [5.74, 6) is -1.82. The zero-order chi connectivity index (χ0) is 29.7. The first-order chi connectivity index (χ1) is 19.5. The number of thiophene rings is 1. The number of nitrogens with one attached hydrogen (secondary N) is 1. The highest BCUT2D eigenvalue weighted by atomic mass is 32.1. The summed E-state index contributed by atoms with van der Waals surface area (Å²) in [5, 5.41) is 4.04. The van der Waals surface area contributed by atoms with Gasteiger partial charge in [-0.05, 0) is 62.4 Å². The van der Waals surface area contributed by atoms with Crippen molar-refractivity contribution in [2.24, 2.45) is 0 Å². The van der Waals surface area contributed by atoms with Gasteiger partial charge in [0.2, 0.25) is 5.91 Å². The fourth-order valence-corrected chi connectivity index (χ4v) is 5.83. The maximum absolute atomic E-state index is 13.6. The number of alkyl halides is 3. The molecule has 41 heavy (non-hydrogen) atoms. The van der Waals surface area contributed by atoms with Gasteiger partial charge >= 0.3 is 6.18 Å². The van der Waals surface area contributed by atoms with Crippen LogP contribution in [-0.4, -0.2) is 66.2 Å². The van der Waals surface area contributed by atoms with Crippen LogP contribution in [0.1, 0.15) is 61.2 Å². The van der Waals surface area contributed by atoms with Crippen LogP contribution in [0.25, 0.3) is 0 Å². The highest BCUT2D eigenvalue weighted by Gasteiger charge is 2.39. The summed E-state index contributed by atoms with van der Waals surface area (Å²) in [5.41, 5.74) is -1.20. The topological polar surface area (TPSA) is 90.0 Å². The van der Waals surface area contributed by atoms with E-state index >= 15 is 0 Å². The van der Waals surface area contributed by atoms with Gasteiger partial charge in [-0.3, -0.25) is 24.1 Å². The van der Waals surface area contributed by atoms with E-state index in [0.29, 0.717) is 31.5 Å². The third-order valence-electron chi connectivity index (χ3n) is 7.36. The summed E-state index contributed by atoms with van der Waals surface area (Å²) in [7, 11) is 0. The third-order valence-corrected chi connectivity index (χ3v) is 8.22. The van der Waals surface area contributed by atoms with Gasteiger partial charge in [-0.25, -0.2) is 4.90 Å². The number of anilines is 2. The zero-order valence-corrected chi connectivity index (χ0v) is 23.9. The predicted octanol–water partition coefficient (Wildman–Crippen LogP) is 5.32. The van der Waals surface area contributed by atoms with Gasteiger partial charge in [0.25, 0.3) is 17.7 Å². The van der Waals surface area contributed by atoms with E-state index in [0.717, 1.165) is 67.7 Å². The first-order valence-corrected chi connectivity index (χ1v) is 14.5. The number of carbonyl (C=O) groups is 4. The average molecular weight is 591 g/mol. The van der Waals surface area contributed by atoms with Crippen LogP contribution in [0.5, 0.6) is 0 Å². The van der Waals surface area contributed by atoms with Crippen molar-refractivity contribution in [2.45, 2.75) is 52.1 Å². The number of unbranched alkanes of at least 4 members (excludes halogenated alkanes) is 3. The largest absolute Gasteiger partial charge is 0.418 e. The predicted molar refractivity (Wildman–Crippen MR) is 151 cm³/mol. The fourth-order valence-electron chi connectivity index (χ4n) is 5.14. The number of hydrogen-bond donors (Lipinski definition) is 1. The third kappa shape index (κ3) is 7.23. The number of imide groups is 1. The van der Waals surface area contributed by atoms with Crippen molar-refractivity contribution in [1.29, 1.82) is 0 Å². The van der Waals surface area contributed by atoms with Gasteiger partial charge in [-0.15, -0.1) is 11.3 Å². The molecule has 220 valence electrons. The van der Waals surface area contributed by atoms with Crippen LogP contribution >= 0.6 is 11.3 Å². The molecule has 4 rings (SSSR count). The van der Waals surface area contributed by atoms with Gasteiger partial charge in [0.15, 0.2) is 0 Å². The number of halogens is 3. The molecular weight excluding hydrogens is 557 g/mol. The van der Waals surface area contributed by atoms with Crippen molar-refractivity contribution in [1.82, 2.24) is 9.80 Å². The molecule has 0 radical (unpaired) electrons. The summed E-state index contributed by atoms with van der Waals surface area (Å²) in [6.07, 6.45) is -0.994. The van der Waals surface area contributed by atoms with Crippen LogP contribution in [0.2, 0.25) is 0 Å². The van der Waals surface area contributed by atoms with Crippen LogP contribution in [0.4, 0.5) is 24.5 Å². The maximum Gasteiger partial charge on any atom is 0.418 e. The number of amides is 4. The van der Waals surface area contributed by atoms with Crippen molar-refractivity contribution in [3.05, 3.63) is 57.3 Å². The Morgan fingerprint density at radius 3 is 2.32 bits per heavy atom. The molecule has 0 spiro atoms. The van der Waals surface area contributed by atoms with Crippen molar-refractivity contribution in [3.63, 3.8) is 0 Å². The number of carbonyl (C=O) groups excluding carboxylic acids is 4. The fraction of sp³-hybridized carbons (Fsp3) is 0.448. The lowest BCUT2D eigenvalue weighted by atomic mass is 10.0. The highest BCUT2D eigenvalue weighted by Crippen LogP contribution is 2.39. The molecule has 1 aromatic carbocycles. The van der Waals surface area contributed by atoms with E-state index in [9.17, 15) is 32.3 Å². The van der Waals surface area contributed by atoms with Gasteiger partial charge in [0.05, 0.1) is 21.8 Å². The molecule has 2 aliphatic rings. The van der Waals surface area contributed by atoms with E-state index in [1.54, 1.807) is 0 Å². The molecule has 4 amide bonds. The molecule has 3 heterocycles. The Hall–Kier alpha value is -3.51. The number of hydrogen-bond acceptors (Lipinski definition) is 6. The van der Waals surface area contributed by atoms with E-state index < -0.39 is 35.1 Å². The normalized spacial score (nSPS) is 16.6. The molecule has 0 atom stereocenters. The molecule has 12 heteroatoms. The number of nitrogens with zero attached hydrogens (tertiary/aromatic N) is 3. The SMILES string of the molecule is CC(=O)Nc1ccc(N2C(=O)C(C)=C(CCCCCCN3CCN(C(=O)c4cccs4)CC3)C2=O)cc1C(F)(F)F. The smallest absolute Gasteiger partial charge is 0.335 e. The highest BCUT2D eigenvalue weighted by molar-refractivity contribution is 7.12. The zero-order valence-electron chi connectivity index (χ0n) is 23.1. The van der Waals surface area contributed by atoms with E-state index in [1.165, 1.54) is 24.3 Å². The second-order valence-electron chi connectivity index (χ2n) is 10.2. The molecule has 1 N–H and O–H groups in total. The van der Waals surface area contributed by atoms with Gasteiger partial charge in [0, 0.05) is 44.2 Å². The Labute approximate surface area is 240 Å². The van der Waals surface area contributed by atoms with E-state index in [1.807, 2.05) is 22.4 Å². The van der Waals surface area contributed by atoms with Crippen LogP contribution < -0.4 is 10.2 Å². The Morgan fingerprint density at radius 1 is 0.976 bits per heavy atom. The van der Waals surface area contributed by atoms with Gasteiger partial charge in [-0.2, -0.15) is 13.2 Å². The lowest BCUT2D eigenvalue weighted by Gasteiger charge is -2.34. The standard InChI is InChI=1S/C29H33F3N4O4S/c1-19-22(8-5-3-4-6-12-34-13-15-35(16-14-34)28(40)25-9-7-17-41-25)27(39)36(26(19)38)21-10-11-24(33-20(2)37)23(18-21)29(30,31)32/h7,9-11,17-18H,3-6,8,12-16H2,1-2H3,(H,33,37). The van der Waals surface area contributed by atoms with Crippen LogP contribution in [0, 0.1) is 0 Å². The molecular formula is C29H33F3N4O4S. The van der Waals surface area contributed by atoms with Crippen LogP contribution in [-0.2, 0) is 20.6 Å². The Balaban J connectivity index is 1.23. The minimum absolute atomic E-state index is 0.0885. The van der Waals surface area contributed by atoms with E-state index in [4.69, 9.17) is 0 Å². The number of benzene rings is 1. The first-order valence-electron chi connectivity index (χ1n) is 13.6. The summed E-state index contributed by atoms with van der Waals surface area (Å²) in [4.78, 5) is 55.5. The number of rotatable bonds is 10. The van der Waals surface area contributed by atoms with Crippen LogP contribution in [0.15, 0.2) is 46.9 Å². The first kappa shape index (κ1) is 30.4. The second kappa shape index (κ2) is 13.0. The van der Waals surface area contributed by atoms with E-state index in [2.05, 4.69) is 10.2 Å². The molecule has 8 nitrogen and oxygen atoms in total. The summed E-state index contributed by atoms with van der Waals surface area (Å²) >= 11 is 1.45. The lowest BCUT2D eigenvalue weighted by Crippen LogP contribution is -2.48. The molecule has 0 bridgehead atoms. The van der Waals surface area contributed by atoms with Gasteiger partial charge in [-0.1, -0.05) is 18.9 Å². The van der Waals surface area contributed by atoms with Gasteiger partial charge < -0.3 is 10.2 Å². The van der Waals surface area contributed by atoms with Crippen molar-refractivity contribution in [3.8, 4) is 0 Å². The van der Waals surface area contributed by atoms with Crippen molar-refractivity contribution in [2.75, 3.05) is 42.9 Å². The molecule has 1 saturated heterocycles.